The van der Waals surface area contributed by atoms with Gasteiger partial charge in [0.25, 0.3) is 0 Å². The molecule has 4 heteroatoms. The quantitative estimate of drug-likeness (QED) is 0.189. The van der Waals surface area contributed by atoms with Gasteiger partial charge in [-0.05, 0) is 77.0 Å². The van der Waals surface area contributed by atoms with Crippen LogP contribution in [0.1, 0.15) is 0 Å². The molecule has 0 bridgehead atoms. The molecule has 0 fully saturated rings. The maximum Gasteiger partial charge on any atom is 0.144 e. The van der Waals surface area contributed by atoms with Gasteiger partial charge in [-0.1, -0.05) is 103 Å². The molecule has 3 heterocycles. The molecule has 3 aromatic heterocycles. The summed E-state index contributed by atoms with van der Waals surface area (Å²) in [6.45, 7) is 0. The zero-order valence-electron chi connectivity index (χ0n) is 26.8. The summed E-state index contributed by atoms with van der Waals surface area (Å²) in [6.07, 6.45) is 0. The lowest BCUT2D eigenvalue weighted by atomic mass is 10.0. The van der Waals surface area contributed by atoms with E-state index in [2.05, 4.69) is 157 Å². The number of anilines is 3. The number of nitrogens with zero attached hydrogens (tertiary/aromatic N) is 1. The first-order valence-corrected chi connectivity index (χ1v) is 17.7. The van der Waals surface area contributed by atoms with Crippen LogP contribution in [-0.2, 0) is 0 Å². The molecule has 0 aliphatic heterocycles. The molecule has 50 heavy (non-hydrogen) atoms. The topological polar surface area (TPSA) is 29.5 Å². The van der Waals surface area contributed by atoms with E-state index in [4.69, 9.17) is 8.83 Å². The minimum atomic E-state index is 0.910. The molecule has 0 saturated carbocycles. The molecule has 0 atom stereocenters. The summed E-state index contributed by atoms with van der Waals surface area (Å²) >= 11 is 1.82. The zero-order valence-corrected chi connectivity index (χ0v) is 27.6. The minimum absolute atomic E-state index is 0.910. The summed E-state index contributed by atoms with van der Waals surface area (Å²) in [7, 11) is 0. The smallest absolute Gasteiger partial charge is 0.144 e. The van der Waals surface area contributed by atoms with Gasteiger partial charge in [0.1, 0.15) is 22.3 Å². The predicted molar refractivity (Wildman–Crippen MR) is 212 cm³/mol. The number of hydrogen-bond donors (Lipinski definition) is 0. The number of thiophene rings is 1. The van der Waals surface area contributed by atoms with Crippen molar-refractivity contribution in [2.24, 2.45) is 0 Å². The number of furan rings is 2. The second-order valence-corrected chi connectivity index (χ2v) is 13.9. The van der Waals surface area contributed by atoms with Gasteiger partial charge in [0.2, 0.25) is 0 Å². The summed E-state index contributed by atoms with van der Waals surface area (Å²) in [4.78, 5) is 2.33. The van der Waals surface area contributed by atoms with Gasteiger partial charge in [-0.15, -0.1) is 11.3 Å². The zero-order chi connectivity index (χ0) is 32.8. The van der Waals surface area contributed by atoms with Crippen LogP contribution in [0.2, 0.25) is 0 Å². The summed E-state index contributed by atoms with van der Waals surface area (Å²) < 4.78 is 15.5. The van der Waals surface area contributed by atoms with Crippen molar-refractivity contribution < 1.29 is 8.83 Å². The van der Waals surface area contributed by atoms with Crippen LogP contribution in [0.4, 0.5) is 17.1 Å². The first-order valence-electron chi connectivity index (χ1n) is 16.8. The molecule has 0 saturated heterocycles. The normalized spacial score (nSPS) is 12.0. The largest absolute Gasteiger partial charge is 0.455 e. The summed E-state index contributed by atoms with van der Waals surface area (Å²) in [5.74, 6) is 0. The van der Waals surface area contributed by atoms with Gasteiger partial charge in [0, 0.05) is 64.3 Å². The average Bonchev–Trinajstić information content (AvgIpc) is 3.87. The Labute approximate surface area is 290 Å². The monoisotopic (exact) mass is 657 g/mol. The molecule has 3 nitrogen and oxygen atoms in total. The Balaban J connectivity index is 1.05. The Morgan fingerprint density at radius 1 is 0.400 bits per heavy atom. The molecule has 8 aromatic carbocycles. The fourth-order valence-corrected chi connectivity index (χ4v) is 8.92. The van der Waals surface area contributed by atoms with E-state index in [0.717, 1.165) is 66.7 Å². The summed E-state index contributed by atoms with van der Waals surface area (Å²) in [5.41, 5.74) is 9.23. The van der Waals surface area contributed by atoms with Gasteiger partial charge in [0.05, 0.1) is 0 Å². The average molecular weight is 658 g/mol. The van der Waals surface area contributed by atoms with Crippen molar-refractivity contribution in [3.63, 3.8) is 0 Å². The minimum Gasteiger partial charge on any atom is -0.455 e. The van der Waals surface area contributed by atoms with Gasteiger partial charge in [0.15, 0.2) is 0 Å². The molecule has 0 aliphatic rings. The molecule has 234 valence electrons. The fraction of sp³-hybridized carbons (Fsp3) is 0. The van der Waals surface area contributed by atoms with Crippen LogP contribution in [0.5, 0.6) is 0 Å². The number of rotatable bonds is 4. The van der Waals surface area contributed by atoms with Crippen molar-refractivity contribution in [2.45, 2.75) is 0 Å². The van der Waals surface area contributed by atoms with Crippen molar-refractivity contribution in [3.05, 3.63) is 164 Å². The molecule has 0 radical (unpaired) electrons. The standard InChI is InChI=1S/C46H27NO2S/c1-2-10-30(11-3-1)47(31-20-17-29(18-21-31)34-14-8-15-36-35-13-6-7-16-39(35)48-45(34)36)32-22-23-37-42(27-32)50-41-26-24-38-43-33-12-5-4-9-28(33)19-25-40(43)49-46(38)44(37)41/h1-27H. The molecule has 0 spiro atoms. The number of para-hydroxylation sites is 3. The van der Waals surface area contributed by atoms with E-state index in [1.54, 1.807) is 0 Å². The predicted octanol–water partition coefficient (Wildman–Crippen LogP) is 14.1. The maximum absolute atomic E-state index is 6.64. The Kier molecular flexibility index (Phi) is 5.83. The van der Waals surface area contributed by atoms with Gasteiger partial charge in [-0.2, -0.15) is 0 Å². The lowest BCUT2D eigenvalue weighted by molar-refractivity contribution is 0.670. The van der Waals surface area contributed by atoms with Crippen LogP contribution in [-0.4, -0.2) is 0 Å². The number of hydrogen-bond acceptors (Lipinski definition) is 4. The molecular formula is C46H27NO2S. The van der Waals surface area contributed by atoms with Gasteiger partial charge >= 0.3 is 0 Å². The summed E-state index contributed by atoms with van der Waals surface area (Å²) in [5, 5.41) is 9.48. The first kappa shape index (κ1) is 27.6. The Hall–Kier alpha value is -6.36. The van der Waals surface area contributed by atoms with E-state index in [1.807, 2.05) is 23.5 Å². The first-order chi connectivity index (χ1) is 24.8. The van der Waals surface area contributed by atoms with E-state index >= 15 is 0 Å². The number of benzene rings is 8. The van der Waals surface area contributed by atoms with Crippen LogP contribution in [0, 0.1) is 0 Å². The molecule has 11 aromatic rings. The molecular weight excluding hydrogens is 631 g/mol. The Bertz CT molecular complexity index is 3090. The highest BCUT2D eigenvalue weighted by Crippen LogP contribution is 2.46. The second-order valence-electron chi connectivity index (χ2n) is 12.9. The van der Waals surface area contributed by atoms with Crippen LogP contribution >= 0.6 is 11.3 Å². The van der Waals surface area contributed by atoms with Crippen molar-refractivity contribution in [3.8, 4) is 11.1 Å². The van der Waals surface area contributed by atoms with E-state index in [9.17, 15) is 0 Å². The van der Waals surface area contributed by atoms with E-state index in [0.29, 0.717) is 0 Å². The number of fused-ring (bicyclic) bond motifs is 12. The van der Waals surface area contributed by atoms with Crippen molar-refractivity contribution in [1.82, 2.24) is 0 Å². The van der Waals surface area contributed by atoms with Crippen LogP contribution in [0.15, 0.2) is 173 Å². The lowest BCUT2D eigenvalue weighted by Crippen LogP contribution is -2.09. The second kappa shape index (κ2) is 10.6. The fourth-order valence-electron chi connectivity index (χ4n) is 7.78. The van der Waals surface area contributed by atoms with Crippen LogP contribution in [0.25, 0.3) is 85.9 Å². The maximum atomic E-state index is 6.64. The Morgan fingerprint density at radius 3 is 2.02 bits per heavy atom. The van der Waals surface area contributed by atoms with Crippen molar-refractivity contribution >= 4 is 103 Å². The van der Waals surface area contributed by atoms with E-state index in [-0.39, 0.29) is 0 Å². The molecule has 0 amide bonds. The third kappa shape index (κ3) is 4.03. The van der Waals surface area contributed by atoms with Crippen LogP contribution in [0.3, 0.4) is 0 Å². The van der Waals surface area contributed by atoms with E-state index in [1.165, 1.54) is 36.3 Å². The van der Waals surface area contributed by atoms with Crippen LogP contribution < -0.4 is 4.90 Å². The highest BCUT2D eigenvalue weighted by molar-refractivity contribution is 7.26. The molecule has 0 unspecified atom stereocenters. The van der Waals surface area contributed by atoms with Gasteiger partial charge in [-0.25, -0.2) is 0 Å². The third-order valence-corrected chi connectivity index (χ3v) is 11.2. The molecule has 11 rings (SSSR count). The van der Waals surface area contributed by atoms with Gasteiger partial charge < -0.3 is 13.7 Å². The molecule has 0 aliphatic carbocycles. The highest BCUT2D eigenvalue weighted by Gasteiger charge is 2.19. The SMILES string of the molecule is c1ccc(N(c2ccc(-c3cccc4c3oc3ccccc34)cc2)c2ccc3c(c2)sc2ccc4c(oc5ccc6ccccc6c54)c23)cc1. The van der Waals surface area contributed by atoms with Crippen molar-refractivity contribution in [1.29, 1.82) is 0 Å². The Morgan fingerprint density at radius 2 is 1.12 bits per heavy atom. The lowest BCUT2D eigenvalue weighted by Gasteiger charge is -2.25. The van der Waals surface area contributed by atoms with Gasteiger partial charge in [-0.3, -0.25) is 0 Å². The summed E-state index contributed by atoms with van der Waals surface area (Å²) in [6, 6.07) is 58.2. The third-order valence-electron chi connectivity index (χ3n) is 10.1. The van der Waals surface area contributed by atoms with E-state index < -0.39 is 0 Å². The molecule has 0 N–H and O–H groups in total. The highest BCUT2D eigenvalue weighted by atomic mass is 32.1. The van der Waals surface area contributed by atoms with Crippen molar-refractivity contribution in [2.75, 3.05) is 4.90 Å².